The van der Waals surface area contributed by atoms with Crippen molar-refractivity contribution in [2.45, 2.75) is 26.8 Å². The number of benzene rings is 2. The molecule has 0 fully saturated rings. The first-order chi connectivity index (χ1) is 17.7. The van der Waals surface area contributed by atoms with Crippen LogP contribution < -0.4 is 15.2 Å². The van der Waals surface area contributed by atoms with E-state index in [4.69, 9.17) is 4.74 Å². The number of carbonyl (C=O) groups excluding carboxylic acids is 1. The molecule has 1 aromatic heterocycles. The van der Waals surface area contributed by atoms with Gasteiger partial charge in [0, 0.05) is 30.3 Å². The van der Waals surface area contributed by atoms with Crippen molar-refractivity contribution >= 4 is 5.78 Å². The van der Waals surface area contributed by atoms with E-state index in [0.29, 0.717) is 11.1 Å². The molecule has 3 aromatic rings. The molecule has 0 aliphatic carbocycles. The third-order valence-electron chi connectivity index (χ3n) is 7.10. The zero-order chi connectivity index (χ0) is 26.9. The lowest BCUT2D eigenvalue weighted by Crippen LogP contribution is -2.52. The van der Waals surface area contributed by atoms with Crippen LogP contribution >= 0.6 is 0 Å². The van der Waals surface area contributed by atoms with Gasteiger partial charge >= 0.3 is 0 Å². The number of nitrogens with zero attached hydrogens (tertiary/aromatic N) is 2. The molecule has 0 radical (unpaired) electrons. The van der Waals surface area contributed by atoms with Gasteiger partial charge in [-0.25, -0.2) is 4.39 Å². The van der Waals surface area contributed by atoms with Crippen LogP contribution in [0.15, 0.2) is 72.2 Å². The Morgan fingerprint density at radius 3 is 2.46 bits per heavy atom. The predicted molar refractivity (Wildman–Crippen MR) is 138 cm³/mol. The van der Waals surface area contributed by atoms with E-state index < -0.39 is 34.8 Å². The molecule has 0 saturated heterocycles. The second-order valence-corrected chi connectivity index (χ2v) is 9.61. The predicted octanol–water partition coefficient (Wildman–Crippen LogP) is 5.23. The summed E-state index contributed by atoms with van der Waals surface area (Å²) in [7, 11) is 0. The quantitative estimate of drug-likeness (QED) is 0.422. The van der Waals surface area contributed by atoms with Crippen LogP contribution in [0.5, 0.6) is 11.5 Å². The number of hydrogen-bond acceptors (Lipinski definition) is 5. The largest absolute Gasteiger partial charge is 0.503 e. The summed E-state index contributed by atoms with van der Waals surface area (Å²) in [4.78, 5) is 26.0. The van der Waals surface area contributed by atoms with Crippen LogP contribution in [0.3, 0.4) is 0 Å². The molecule has 194 valence electrons. The molecule has 1 aliphatic rings. The first kappa shape index (κ1) is 26.1. The van der Waals surface area contributed by atoms with Crippen LogP contribution in [0.1, 0.15) is 48.4 Å². The lowest BCUT2D eigenvalue weighted by atomic mass is 9.79. The van der Waals surface area contributed by atoms with Gasteiger partial charge in [-0.2, -0.15) is 4.39 Å². The van der Waals surface area contributed by atoms with Gasteiger partial charge < -0.3 is 9.84 Å². The van der Waals surface area contributed by atoms with Crippen LogP contribution in [0.2, 0.25) is 0 Å². The maximum atomic E-state index is 15.1. The Morgan fingerprint density at radius 1 is 1.11 bits per heavy atom. The third kappa shape index (κ3) is 4.75. The summed E-state index contributed by atoms with van der Waals surface area (Å²) in [6.07, 6.45) is 2.86. The fourth-order valence-electron chi connectivity index (χ4n) is 4.81. The van der Waals surface area contributed by atoms with E-state index in [-0.39, 0.29) is 42.2 Å². The van der Waals surface area contributed by atoms with Crippen LogP contribution in [0.4, 0.5) is 8.78 Å². The molecule has 0 amide bonds. The van der Waals surface area contributed by atoms with Gasteiger partial charge in [-0.1, -0.05) is 63.8 Å². The number of Topliss-reactive ketones (excluding diaryl/α,β-unsaturated/α-hetero) is 1. The lowest BCUT2D eigenvalue weighted by molar-refractivity contribution is 0.0804. The summed E-state index contributed by atoms with van der Waals surface area (Å²) >= 11 is 0. The molecule has 1 aliphatic heterocycles. The Kier molecular flexibility index (Phi) is 7.47. The Morgan fingerprint density at radius 2 is 1.81 bits per heavy atom. The highest BCUT2D eigenvalue weighted by atomic mass is 19.2. The van der Waals surface area contributed by atoms with E-state index in [0.717, 1.165) is 6.07 Å². The number of aromatic nitrogens is 1. The molecule has 6 nitrogen and oxygen atoms in total. The van der Waals surface area contributed by atoms with Crippen molar-refractivity contribution in [1.82, 2.24) is 4.68 Å². The molecule has 1 unspecified atom stereocenters. The average molecular weight is 509 g/mol. The van der Waals surface area contributed by atoms with Crippen molar-refractivity contribution in [2.75, 3.05) is 18.2 Å². The summed E-state index contributed by atoms with van der Waals surface area (Å²) in [5, 5.41) is 12.5. The Bertz CT molecular complexity index is 1370. The van der Waals surface area contributed by atoms with Crippen LogP contribution in [-0.4, -0.2) is 28.7 Å². The number of ketones is 1. The molecule has 1 N–H and O–H groups in total. The Balaban J connectivity index is 2.01. The molecule has 0 bridgehead atoms. The topological polar surface area (TPSA) is 71.8 Å². The molecule has 8 heteroatoms. The van der Waals surface area contributed by atoms with E-state index in [1.165, 1.54) is 29.1 Å². The molecule has 2 aromatic carbocycles. The summed E-state index contributed by atoms with van der Waals surface area (Å²) in [6.45, 7) is 9.70. The standard InChI is InChI=1S/C29H30F2N2O4/c1-5-15-37-29-20(11-12-22(30)24(29)31)25(19-9-7-6-8-10-19)33-16-21(18(4)17(2)3)27(35)26-28(36)23(34)13-14-32(26)33/h5-14,17-18,21,25,36H,1,15-16H2,2-4H3/t18-,21?,25-/m0/s1. The van der Waals surface area contributed by atoms with E-state index in [2.05, 4.69) is 6.58 Å². The third-order valence-corrected chi connectivity index (χ3v) is 7.10. The van der Waals surface area contributed by atoms with Gasteiger partial charge in [-0.15, -0.1) is 0 Å². The summed E-state index contributed by atoms with van der Waals surface area (Å²) in [5.41, 5.74) is 0.234. The highest BCUT2D eigenvalue weighted by Gasteiger charge is 2.42. The number of carbonyl (C=O) groups is 1. The van der Waals surface area contributed by atoms with Crippen molar-refractivity contribution in [2.24, 2.45) is 17.8 Å². The van der Waals surface area contributed by atoms with Crippen LogP contribution in [-0.2, 0) is 0 Å². The summed E-state index contributed by atoms with van der Waals surface area (Å²) in [6, 6.07) is 12.0. The number of rotatable bonds is 8. The normalized spacial score (nSPS) is 16.9. The van der Waals surface area contributed by atoms with Gasteiger partial charge in [-0.05, 0) is 29.5 Å². The van der Waals surface area contributed by atoms with E-state index in [1.54, 1.807) is 5.01 Å². The number of hydrogen-bond donors (Lipinski definition) is 1. The molecule has 3 atom stereocenters. The Labute approximate surface area is 214 Å². The molecule has 0 spiro atoms. The minimum absolute atomic E-state index is 0.0512. The molecular formula is C29H30F2N2O4. The van der Waals surface area contributed by atoms with Crippen LogP contribution in [0, 0.1) is 29.4 Å². The number of pyridine rings is 1. The first-order valence-electron chi connectivity index (χ1n) is 12.2. The van der Waals surface area contributed by atoms with E-state index in [1.807, 2.05) is 51.1 Å². The van der Waals surface area contributed by atoms with E-state index >= 15 is 4.39 Å². The smallest absolute Gasteiger partial charge is 0.224 e. The number of ether oxygens (including phenoxy) is 1. The fourth-order valence-corrected chi connectivity index (χ4v) is 4.81. The Hall–Kier alpha value is -3.94. The van der Waals surface area contributed by atoms with Gasteiger partial charge in [0.2, 0.25) is 11.2 Å². The number of halogens is 2. The minimum atomic E-state index is -1.14. The highest BCUT2D eigenvalue weighted by Crippen LogP contribution is 2.40. The van der Waals surface area contributed by atoms with Gasteiger partial charge in [0.15, 0.2) is 28.8 Å². The van der Waals surface area contributed by atoms with Gasteiger partial charge in [-0.3, -0.25) is 19.3 Å². The van der Waals surface area contributed by atoms with Gasteiger partial charge in [0.1, 0.15) is 6.61 Å². The van der Waals surface area contributed by atoms with Crippen molar-refractivity contribution in [3.63, 3.8) is 0 Å². The van der Waals surface area contributed by atoms with Gasteiger partial charge in [0.05, 0.1) is 6.04 Å². The van der Waals surface area contributed by atoms with Crippen LogP contribution in [0.25, 0.3) is 0 Å². The fraction of sp³-hybridized carbons (Fsp3) is 0.310. The van der Waals surface area contributed by atoms with Crippen molar-refractivity contribution in [3.8, 4) is 11.5 Å². The second-order valence-electron chi connectivity index (χ2n) is 9.61. The molecular weight excluding hydrogens is 478 g/mol. The molecule has 0 saturated carbocycles. The monoisotopic (exact) mass is 508 g/mol. The average Bonchev–Trinajstić information content (AvgIpc) is 2.89. The molecule has 2 heterocycles. The minimum Gasteiger partial charge on any atom is -0.503 e. The maximum absolute atomic E-state index is 15.1. The zero-order valence-electron chi connectivity index (χ0n) is 21.0. The lowest BCUT2D eigenvalue weighted by Gasteiger charge is -2.44. The van der Waals surface area contributed by atoms with E-state index in [9.17, 15) is 19.1 Å². The van der Waals surface area contributed by atoms with Crippen molar-refractivity contribution in [1.29, 1.82) is 0 Å². The SMILES string of the molecule is C=CCOc1c([C@H](c2ccccc2)N2CC([C@@H](C)C(C)C)C(=O)c3c(O)c(=O)ccn32)ccc(F)c1F. The van der Waals surface area contributed by atoms with Crippen molar-refractivity contribution in [3.05, 3.63) is 106 Å². The highest BCUT2D eigenvalue weighted by molar-refractivity contribution is 6.00. The molecule has 4 rings (SSSR count). The van der Waals surface area contributed by atoms with Gasteiger partial charge in [0.25, 0.3) is 0 Å². The molecule has 37 heavy (non-hydrogen) atoms. The first-order valence-corrected chi connectivity index (χ1v) is 12.2. The zero-order valence-corrected chi connectivity index (χ0v) is 21.0. The summed E-state index contributed by atoms with van der Waals surface area (Å²) < 4.78 is 36.5. The second kappa shape index (κ2) is 10.6. The maximum Gasteiger partial charge on any atom is 0.224 e. The number of fused-ring (bicyclic) bond motifs is 1. The summed E-state index contributed by atoms with van der Waals surface area (Å²) in [5.74, 6) is -3.99. The van der Waals surface area contributed by atoms with Crippen molar-refractivity contribution < 1.29 is 23.4 Å². The number of aromatic hydroxyl groups is 1.